The van der Waals surface area contributed by atoms with Crippen LogP contribution in [0.3, 0.4) is 0 Å². The van der Waals surface area contributed by atoms with Gasteiger partial charge >= 0.3 is 0 Å². The van der Waals surface area contributed by atoms with Crippen LogP contribution in [0.15, 0.2) is 78.9 Å². The number of carbonyl (C=O) groups excluding carboxylic acids is 2. The fourth-order valence-electron chi connectivity index (χ4n) is 3.57. The molecule has 1 heterocycles. The highest BCUT2D eigenvalue weighted by Crippen LogP contribution is 2.30. The Balaban J connectivity index is 1.60. The van der Waals surface area contributed by atoms with Crippen LogP contribution in [-0.4, -0.2) is 27.9 Å². The van der Waals surface area contributed by atoms with Gasteiger partial charge in [-0.1, -0.05) is 48.0 Å². The number of amides is 2. The van der Waals surface area contributed by atoms with E-state index in [1.165, 1.54) is 4.90 Å². The zero-order chi connectivity index (χ0) is 22.7. The van der Waals surface area contributed by atoms with E-state index in [-0.39, 0.29) is 18.2 Å². The summed E-state index contributed by atoms with van der Waals surface area (Å²) in [7, 11) is 0. The van der Waals surface area contributed by atoms with E-state index in [2.05, 4.69) is 27.9 Å². The van der Waals surface area contributed by atoms with Gasteiger partial charge in [-0.3, -0.25) is 14.5 Å². The van der Waals surface area contributed by atoms with Gasteiger partial charge in [0, 0.05) is 20.8 Å². The molecule has 0 saturated carbocycles. The molecule has 0 aliphatic carbocycles. The van der Waals surface area contributed by atoms with Gasteiger partial charge in [0.15, 0.2) is 5.11 Å². The SMILES string of the molecule is O=C(CC1C(=O)N(c2cccc(Cl)c2)C(=S)N1Cc1ccccc1)Nc1ccc(I)cc1. The number of rotatable bonds is 6. The van der Waals surface area contributed by atoms with Gasteiger partial charge in [-0.05, 0) is 82.8 Å². The highest BCUT2D eigenvalue weighted by molar-refractivity contribution is 14.1. The molecule has 4 rings (SSSR count). The smallest absolute Gasteiger partial charge is 0.256 e. The average molecular weight is 576 g/mol. The van der Waals surface area contributed by atoms with Gasteiger partial charge in [0.05, 0.1) is 12.1 Å². The summed E-state index contributed by atoms with van der Waals surface area (Å²) in [6, 6.07) is 23.5. The molecule has 1 atom stereocenters. The Hall–Kier alpha value is -2.49. The predicted octanol–water partition coefficient (Wildman–Crippen LogP) is 5.48. The third kappa shape index (κ3) is 5.11. The number of nitrogens with one attached hydrogen (secondary N) is 1. The highest BCUT2D eigenvalue weighted by atomic mass is 127. The first-order valence-electron chi connectivity index (χ1n) is 9.92. The van der Waals surface area contributed by atoms with E-state index in [1.54, 1.807) is 29.2 Å². The average Bonchev–Trinajstić information content (AvgIpc) is 3.00. The molecule has 32 heavy (non-hydrogen) atoms. The summed E-state index contributed by atoms with van der Waals surface area (Å²) in [6.45, 7) is 0.421. The van der Waals surface area contributed by atoms with E-state index in [0.29, 0.717) is 28.1 Å². The summed E-state index contributed by atoms with van der Waals surface area (Å²) in [6.07, 6.45) is -0.0190. The molecule has 0 radical (unpaired) electrons. The number of carbonyl (C=O) groups is 2. The maximum absolute atomic E-state index is 13.4. The maximum atomic E-state index is 13.4. The Morgan fingerprint density at radius 3 is 2.44 bits per heavy atom. The molecule has 0 bridgehead atoms. The fraction of sp³-hybridized carbons (Fsp3) is 0.125. The molecule has 162 valence electrons. The quantitative estimate of drug-likeness (QED) is 0.313. The van der Waals surface area contributed by atoms with E-state index in [4.69, 9.17) is 23.8 Å². The minimum absolute atomic E-state index is 0.0190. The maximum Gasteiger partial charge on any atom is 0.256 e. The van der Waals surface area contributed by atoms with Crippen molar-refractivity contribution in [1.29, 1.82) is 0 Å². The first-order valence-corrected chi connectivity index (χ1v) is 11.8. The van der Waals surface area contributed by atoms with Gasteiger partial charge in [-0.2, -0.15) is 0 Å². The predicted molar refractivity (Wildman–Crippen MR) is 140 cm³/mol. The van der Waals surface area contributed by atoms with E-state index in [0.717, 1.165) is 9.13 Å². The number of anilines is 2. The van der Waals surface area contributed by atoms with Crippen LogP contribution in [0.5, 0.6) is 0 Å². The van der Waals surface area contributed by atoms with Gasteiger partial charge in [0.25, 0.3) is 5.91 Å². The van der Waals surface area contributed by atoms with E-state index < -0.39 is 6.04 Å². The van der Waals surface area contributed by atoms with E-state index >= 15 is 0 Å². The zero-order valence-corrected chi connectivity index (χ0v) is 20.6. The molecular formula is C24H19ClIN3O2S. The van der Waals surface area contributed by atoms with E-state index in [1.807, 2.05) is 54.6 Å². The molecule has 5 nitrogen and oxygen atoms in total. The Bertz CT molecular complexity index is 1160. The third-order valence-corrected chi connectivity index (χ3v) is 6.46. The first-order chi connectivity index (χ1) is 15.4. The van der Waals surface area contributed by atoms with Crippen molar-refractivity contribution < 1.29 is 9.59 Å². The number of halogens is 2. The lowest BCUT2D eigenvalue weighted by Gasteiger charge is -2.24. The largest absolute Gasteiger partial charge is 0.332 e. The lowest BCUT2D eigenvalue weighted by atomic mass is 10.1. The Morgan fingerprint density at radius 1 is 1.03 bits per heavy atom. The van der Waals surface area contributed by atoms with Crippen molar-refractivity contribution in [3.63, 3.8) is 0 Å². The summed E-state index contributed by atoms with van der Waals surface area (Å²) in [5.41, 5.74) is 2.27. The molecule has 1 fully saturated rings. The number of nitrogens with zero attached hydrogens (tertiary/aromatic N) is 2. The van der Waals surface area contributed by atoms with E-state index in [9.17, 15) is 9.59 Å². The van der Waals surface area contributed by atoms with Crippen LogP contribution in [0.25, 0.3) is 0 Å². The minimum Gasteiger partial charge on any atom is -0.332 e. The summed E-state index contributed by atoms with van der Waals surface area (Å²) >= 11 is 14.0. The standard InChI is InChI=1S/C24H19ClIN3O2S/c25-17-7-4-8-20(13-17)29-23(31)21(14-22(30)27-19-11-9-18(26)10-12-19)28(24(29)32)15-16-5-2-1-3-6-16/h1-13,21H,14-15H2,(H,27,30). The lowest BCUT2D eigenvalue weighted by Crippen LogP contribution is -2.37. The number of hydrogen-bond acceptors (Lipinski definition) is 3. The molecule has 2 amide bonds. The number of hydrogen-bond donors (Lipinski definition) is 1. The molecule has 1 N–H and O–H groups in total. The molecule has 8 heteroatoms. The lowest BCUT2D eigenvalue weighted by molar-refractivity contribution is -0.124. The van der Waals surface area contributed by atoms with Crippen LogP contribution in [-0.2, 0) is 16.1 Å². The van der Waals surface area contributed by atoms with Gasteiger partial charge in [0.1, 0.15) is 6.04 Å². The molecular weight excluding hydrogens is 557 g/mol. The molecule has 1 aliphatic rings. The molecule has 0 spiro atoms. The first kappa shape index (κ1) is 22.7. The molecule has 1 unspecified atom stereocenters. The van der Waals surface area contributed by atoms with Crippen LogP contribution < -0.4 is 10.2 Å². The van der Waals surface area contributed by atoms with Crippen molar-refractivity contribution in [1.82, 2.24) is 4.90 Å². The summed E-state index contributed by atoms with van der Waals surface area (Å²) in [5.74, 6) is -0.496. The van der Waals surface area contributed by atoms with Crippen molar-refractivity contribution in [2.45, 2.75) is 19.0 Å². The Kier molecular flexibility index (Phi) is 7.07. The van der Waals surface area contributed by atoms with Crippen LogP contribution in [0.1, 0.15) is 12.0 Å². The normalized spacial score (nSPS) is 15.9. The fourth-order valence-corrected chi connectivity index (χ4v) is 4.50. The van der Waals surface area contributed by atoms with Crippen molar-refractivity contribution >= 4 is 74.7 Å². The van der Waals surface area contributed by atoms with Gasteiger partial charge in [0.2, 0.25) is 5.91 Å². The minimum atomic E-state index is -0.717. The summed E-state index contributed by atoms with van der Waals surface area (Å²) in [5, 5.41) is 3.74. The second-order valence-corrected chi connectivity index (χ2v) is 9.37. The molecule has 1 aliphatic heterocycles. The molecule has 0 aromatic heterocycles. The van der Waals surface area contributed by atoms with Gasteiger partial charge in [-0.15, -0.1) is 0 Å². The highest BCUT2D eigenvalue weighted by Gasteiger charge is 2.44. The Labute approximate surface area is 210 Å². The molecule has 3 aromatic carbocycles. The number of thiocarbonyl (C=S) groups is 1. The summed E-state index contributed by atoms with van der Waals surface area (Å²) in [4.78, 5) is 29.5. The van der Waals surface area contributed by atoms with Gasteiger partial charge in [-0.25, -0.2) is 0 Å². The van der Waals surface area contributed by atoms with Crippen molar-refractivity contribution in [3.8, 4) is 0 Å². The molecule has 3 aromatic rings. The topological polar surface area (TPSA) is 52.7 Å². The second kappa shape index (κ2) is 9.97. The second-order valence-electron chi connectivity index (χ2n) is 7.32. The van der Waals surface area contributed by atoms with Gasteiger partial charge < -0.3 is 10.2 Å². The monoisotopic (exact) mass is 575 g/mol. The number of benzene rings is 3. The van der Waals surface area contributed by atoms with Crippen molar-refractivity contribution in [3.05, 3.63) is 93.0 Å². The van der Waals surface area contributed by atoms with Crippen molar-refractivity contribution in [2.75, 3.05) is 10.2 Å². The van der Waals surface area contributed by atoms with Crippen LogP contribution >= 0.6 is 46.4 Å². The summed E-state index contributed by atoms with van der Waals surface area (Å²) < 4.78 is 1.07. The van der Waals surface area contributed by atoms with Crippen LogP contribution in [0, 0.1) is 3.57 Å². The molecule has 1 saturated heterocycles. The van der Waals surface area contributed by atoms with Crippen molar-refractivity contribution in [2.24, 2.45) is 0 Å². The zero-order valence-electron chi connectivity index (χ0n) is 16.9. The van der Waals surface area contributed by atoms with Crippen LogP contribution in [0.4, 0.5) is 11.4 Å². The Morgan fingerprint density at radius 2 is 1.75 bits per heavy atom. The third-order valence-electron chi connectivity index (χ3n) is 5.09. The van der Waals surface area contributed by atoms with Crippen LogP contribution in [0.2, 0.25) is 5.02 Å².